The first kappa shape index (κ1) is 20.9. The highest BCUT2D eigenvalue weighted by atomic mass is 32.2. The molecule has 0 radical (unpaired) electrons. The average Bonchev–Trinajstić information content (AvgIpc) is 3.57. The summed E-state index contributed by atoms with van der Waals surface area (Å²) in [5.74, 6) is 0.313. The third-order valence-electron chi connectivity index (χ3n) is 6.27. The van der Waals surface area contributed by atoms with Crippen LogP contribution in [-0.4, -0.2) is 20.9 Å². The Hall–Kier alpha value is -2.96. The van der Waals surface area contributed by atoms with Gasteiger partial charge < -0.3 is 4.90 Å². The summed E-state index contributed by atoms with van der Waals surface area (Å²) >= 11 is 0. The van der Waals surface area contributed by atoms with E-state index in [9.17, 15) is 13.2 Å². The lowest BCUT2D eigenvalue weighted by atomic mass is 9.99. The van der Waals surface area contributed by atoms with Crippen molar-refractivity contribution in [2.24, 2.45) is 5.92 Å². The predicted octanol–water partition coefficient (Wildman–Crippen LogP) is 4.36. The molecule has 1 N–H and O–H groups in total. The van der Waals surface area contributed by atoms with E-state index >= 15 is 0 Å². The molecule has 5 nitrogen and oxygen atoms in total. The van der Waals surface area contributed by atoms with Gasteiger partial charge in [-0.15, -0.1) is 0 Å². The fourth-order valence-electron chi connectivity index (χ4n) is 4.28. The number of aryl methyl sites for hydroxylation is 1. The predicted molar refractivity (Wildman–Crippen MR) is 125 cm³/mol. The van der Waals surface area contributed by atoms with Crippen LogP contribution in [0.3, 0.4) is 0 Å². The monoisotopic (exact) mass is 446 g/mol. The molecule has 0 spiro atoms. The molecular weight excluding hydrogens is 420 g/mol. The van der Waals surface area contributed by atoms with Gasteiger partial charge in [0.2, 0.25) is 15.9 Å². The zero-order chi connectivity index (χ0) is 22.3. The van der Waals surface area contributed by atoms with Gasteiger partial charge in [0.1, 0.15) is 0 Å². The molecule has 164 valence electrons. The third kappa shape index (κ3) is 4.08. The van der Waals surface area contributed by atoms with Crippen LogP contribution in [0.2, 0.25) is 0 Å². The van der Waals surface area contributed by atoms with E-state index in [0.717, 1.165) is 40.8 Å². The molecule has 1 unspecified atom stereocenters. The summed E-state index contributed by atoms with van der Waals surface area (Å²) in [7, 11) is -3.78. The van der Waals surface area contributed by atoms with Gasteiger partial charge in [-0.05, 0) is 61.1 Å². The van der Waals surface area contributed by atoms with Gasteiger partial charge in [-0.3, -0.25) is 4.79 Å². The summed E-state index contributed by atoms with van der Waals surface area (Å²) in [4.78, 5) is 14.6. The van der Waals surface area contributed by atoms with Gasteiger partial charge in [0, 0.05) is 18.2 Å². The second-order valence-corrected chi connectivity index (χ2v) is 10.4. The first-order valence-electron chi connectivity index (χ1n) is 11.0. The van der Waals surface area contributed by atoms with Crippen LogP contribution in [0.5, 0.6) is 0 Å². The lowest BCUT2D eigenvalue weighted by molar-refractivity contribution is -0.119. The van der Waals surface area contributed by atoms with Crippen molar-refractivity contribution >= 4 is 21.6 Å². The Kier molecular flexibility index (Phi) is 5.35. The van der Waals surface area contributed by atoms with Crippen LogP contribution in [0.4, 0.5) is 5.69 Å². The fourth-order valence-corrected chi connectivity index (χ4v) is 5.54. The number of amides is 1. The van der Waals surface area contributed by atoms with Crippen LogP contribution in [0.1, 0.15) is 41.1 Å². The Morgan fingerprint density at radius 1 is 0.969 bits per heavy atom. The van der Waals surface area contributed by atoms with Gasteiger partial charge in [-0.2, -0.15) is 4.72 Å². The SMILES string of the molecule is Cc1ccc(C(NS(=O)(=O)c2ccc3c(c2)CCN3C(=O)C2CC2)c2ccccc2)cc1. The molecule has 1 atom stereocenters. The Balaban J connectivity index is 1.45. The van der Waals surface area contributed by atoms with Crippen LogP contribution in [0.25, 0.3) is 0 Å². The maximum absolute atomic E-state index is 13.4. The van der Waals surface area contributed by atoms with Gasteiger partial charge in [-0.25, -0.2) is 8.42 Å². The van der Waals surface area contributed by atoms with Gasteiger partial charge >= 0.3 is 0 Å². The third-order valence-corrected chi connectivity index (χ3v) is 7.69. The van der Waals surface area contributed by atoms with E-state index in [-0.39, 0.29) is 16.7 Å². The molecule has 1 aliphatic heterocycles. The van der Waals surface area contributed by atoms with Crippen molar-refractivity contribution < 1.29 is 13.2 Å². The normalized spacial score (nSPS) is 16.6. The number of benzene rings is 3. The molecule has 1 fully saturated rings. The molecular formula is C26H26N2O3S. The minimum atomic E-state index is -3.78. The van der Waals surface area contributed by atoms with E-state index in [0.29, 0.717) is 13.0 Å². The van der Waals surface area contributed by atoms with Gasteiger partial charge in [-0.1, -0.05) is 60.2 Å². The molecule has 1 amide bonds. The zero-order valence-corrected chi connectivity index (χ0v) is 18.8. The Morgan fingerprint density at radius 3 is 2.34 bits per heavy atom. The number of sulfonamides is 1. The van der Waals surface area contributed by atoms with Crippen molar-refractivity contribution in [2.45, 2.75) is 37.1 Å². The van der Waals surface area contributed by atoms with Crippen molar-refractivity contribution in [2.75, 3.05) is 11.4 Å². The molecule has 1 aliphatic carbocycles. The fraction of sp³-hybridized carbons (Fsp3) is 0.269. The van der Waals surface area contributed by atoms with E-state index in [1.54, 1.807) is 18.2 Å². The van der Waals surface area contributed by atoms with Crippen LogP contribution in [0.15, 0.2) is 77.7 Å². The molecule has 5 rings (SSSR count). The summed E-state index contributed by atoms with van der Waals surface area (Å²) in [6.07, 6.45) is 2.60. The van der Waals surface area contributed by atoms with Crippen molar-refractivity contribution in [1.82, 2.24) is 4.72 Å². The number of anilines is 1. The Labute approximate surface area is 189 Å². The number of carbonyl (C=O) groups is 1. The number of rotatable bonds is 6. The second kappa shape index (κ2) is 8.19. The second-order valence-electron chi connectivity index (χ2n) is 8.68. The largest absolute Gasteiger partial charge is 0.312 e. The summed E-state index contributed by atoms with van der Waals surface area (Å²) in [5, 5.41) is 0. The number of hydrogen-bond donors (Lipinski definition) is 1. The van der Waals surface area contributed by atoms with Crippen molar-refractivity contribution in [3.63, 3.8) is 0 Å². The number of carbonyl (C=O) groups excluding carboxylic acids is 1. The smallest absolute Gasteiger partial charge is 0.241 e. The maximum Gasteiger partial charge on any atom is 0.241 e. The van der Waals surface area contributed by atoms with Crippen LogP contribution in [-0.2, 0) is 21.2 Å². The van der Waals surface area contributed by atoms with Crippen LogP contribution in [0, 0.1) is 12.8 Å². The lowest BCUT2D eigenvalue weighted by Gasteiger charge is -2.21. The van der Waals surface area contributed by atoms with Gasteiger partial charge in [0.15, 0.2) is 0 Å². The first-order chi connectivity index (χ1) is 15.4. The topological polar surface area (TPSA) is 66.5 Å². The van der Waals surface area contributed by atoms with Crippen molar-refractivity contribution in [3.8, 4) is 0 Å². The van der Waals surface area contributed by atoms with E-state index in [1.807, 2.05) is 66.4 Å². The summed E-state index contributed by atoms with van der Waals surface area (Å²) in [6.45, 7) is 2.63. The molecule has 32 heavy (non-hydrogen) atoms. The quantitative estimate of drug-likeness (QED) is 0.612. The molecule has 2 aliphatic rings. The summed E-state index contributed by atoms with van der Waals surface area (Å²) in [5.41, 5.74) is 4.63. The summed E-state index contributed by atoms with van der Waals surface area (Å²) in [6, 6.07) is 22.1. The highest BCUT2D eigenvalue weighted by molar-refractivity contribution is 7.89. The number of nitrogens with zero attached hydrogens (tertiary/aromatic N) is 1. The molecule has 0 aromatic heterocycles. The van der Waals surface area contributed by atoms with E-state index in [2.05, 4.69) is 4.72 Å². The lowest BCUT2D eigenvalue weighted by Crippen LogP contribution is -2.30. The highest BCUT2D eigenvalue weighted by Crippen LogP contribution is 2.37. The van der Waals surface area contributed by atoms with E-state index in [4.69, 9.17) is 0 Å². The minimum absolute atomic E-state index is 0.146. The average molecular weight is 447 g/mol. The molecule has 3 aromatic carbocycles. The van der Waals surface area contributed by atoms with Gasteiger partial charge in [0.05, 0.1) is 10.9 Å². The maximum atomic E-state index is 13.4. The molecule has 0 saturated heterocycles. The zero-order valence-electron chi connectivity index (χ0n) is 18.0. The van der Waals surface area contributed by atoms with E-state index < -0.39 is 16.1 Å². The van der Waals surface area contributed by atoms with Crippen LogP contribution >= 0.6 is 0 Å². The first-order valence-corrected chi connectivity index (χ1v) is 12.5. The molecule has 6 heteroatoms. The van der Waals surface area contributed by atoms with E-state index in [1.165, 1.54) is 0 Å². The van der Waals surface area contributed by atoms with Crippen molar-refractivity contribution in [1.29, 1.82) is 0 Å². The van der Waals surface area contributed by atoms with Crippen LogP contribution < -0.4 is 9.62 Å². The highest BCUT2D eigenvalue weighted by Gasteiger charge is 2.37. The molecule has 1 saturated carbocycles. The Bertz CT molecular complexity index is 1250. The van der Waals surface area contributed by atoms with Gasteiger partial charge in [0.25, 0.3) is 0 Å². The van der Waals surface area contributed by atoms with Crippen molar-refractivity contribution in [3.05, 3.63) is 95.1 Å². The minimum Gasteiger partial charge on any atom is -0.312 e. The molecule has 3 aromatic rings. The summed E-state index contributed by atoms with van der Waals surface area (Å²) < 4.78 is 29.7. The molecule has 1 heterocycles. The molecule has 0 bridgehead atoms. The Morgan fingerprint density at radius 2 is 1.66 bits per heavy atom. The standard InChI is InChI=1S/C26H26N2O3S/c1-18-7-9-20(10-8-18)25(19-5-3-2-4-6-19)27-32(30,31)23-13-14-24-22(17-23)15-16-28(24)26(29)21-11-12-21/h2-10,13-14,17,21,25,27H,11-12,15-16H2,1H3. The number of nitrogens with one attached hydrogen (secondary N) is 1. The number of hydrogen-bond acceptors (Lipinski definition) is 3. The number of fused-ring (bicyclic) bond motifs is 1.